The van der Waals surface area contributed by atoms with Gasteiger partial charge in [0.1, 0.15) is 11.2 Å². The lowest BCUT2D eigenvalue weighted by Gasteiger charge is -2.46. The van der Waals surface area contributed by atoms with Gasteiger partial charge in [0.15, 0.2) is 0 Å². The molecule has 0 bridgehead atoms. The zero-order valence-corrected chi connectivity index (χ0v) is 33.6. The van der Waals surface area contributed by atoms with Crippen molar-refractivity contribution < 1.29 is 4.42 Å². The number of hydrogen-bond acceptors (Lipinski definition) is 2. The molecule has 1 heterocycles. The molecule has 0 atom stereocenters. The summed E-state index contributed by atoms with van der Waals surface area (Å²) in [7, 11) is 0. The Morgan fingerprint density at radius 2 is 0.817 bits per heavy atom. The van der Waals surface area contributed by atoms with Crippen LogP contribution in [0.4, 0.5) is 17.1 Å². The van der Waals surface area contributed by atoms with E-state index in [1.54, 1.807) is 0 Å². The maximum atomic E-state index is 6.16. The van der Waals surface area contributed by atoms with Crippen molar-refractivity contribution in [2.45, 2.75) is 24.7 Å². The van der Waals surface area contributed by atoms with Gasteiger partial charge in [0.25, 0.3) is 0 Å². The van der Waals surface area contributed by atoms with Crippen molar-refractivity contribution in [3.8, 4) is 33.4 Å². The SMILES string of the molecule is CC1(C)c2ccccc2C2(c3ccccc3-c3ccc(N(c4ccc(-c5ccccc5)cc4)c4ccc(-c5ccc6oc7ccccc7c6c5)cc4)cc32)c2ccccc21. The Kier molecular flexibility index (Phi) is 7.52. The number of rotatable bonds is 5. The number of anilines is 3. The fourth-order valence-electron chi connectivity index (χ4n) is 10.6. The molecule has 60 heavy (non-hydrogen) atoms. The molecule has 2 heteroatoms. The monoisotopic (exact) mass is 767 g/mol. The second kappa shape index (κ2) is 13.0. The predicted octanol–water partition coefficient (Wildman–Crippen LogP) is 15.4. The molecule has 0 saturated heterocycles. The molecule has 1 aromatic heterocycles. The first-order valence-electron chi connectivity index (χ1n) is 20.9. The molecule has 0 N–H and O–H groups in total. The Labute approximate surface area is 350 Å². The molecule has 10 aromatic rings. The van der Waals surface area contributed by atoms with Gasteiger partial charge in [-0.2, -0.15) is 0 Å². The molecule has 9 aromatic carbocycles. The first-order chi connectivity index (χ1) is 29.5. The predicted molar refractivity (Wildman–Crippen MR) is 249 cm³/mol. The molecule has 0 unspecified atom stereocenters. The van der Waals surface area contributed by atoms with Crippen molar-refractivity contribution in [3.63, 3.8) is 0 Å². The highest BCUT2D eigenvalue weighted by Gasteiger charge is 2.53. The fourth-order valence-corrected chi connectivity index (χ4v) is 10.6. The molecule has 0 fully saturated rings. The van der Waals surface area contributed by atoms with Gasteiger partial charge in [-0.15, -0.1) is 0 Å². The quantitative estimate of drug-likeness (QED) is 0.173. The van der Waals surface area contributed by atoms with E-state index in [9.17, 15) is 0 Å². The largest absolute Gasteiger partial charge is 0.456 e. The number of fused-ring (bicyclic) bond motifs is 12. The molecule has 1 spiro atoms. The highest BCUT2D eigenvalue weighted by molar-refractivity contribution is 6.06. The third-order valence-corrected chi connectivity index (χ3v) is 13.4. The average molecular weight is 768 g/mol. The highest BCUT2D eigenvalue weighted by atomic mass is 16.3. The lowest BCUT2D eigenvalue weighted by atomic mass is 9.55. The average Bonchev–Trinajstić information content (AvgIpc) is 3.82. The summed E-state index contributed by atoms with van der Waals surface area (Å²) in [5.74, 6) is 0. The molecular formula is C58H41NO. The van der Waals surface area contributed by atoms with Crippen molar-refractivity contribution in [2.75, 3.05) is 4.90 Å². The molecule has 0 saturated carbocycles. The summed E-state index contributed by atoms with van der Waals surface area (Å²) in [4.78, 5) is 2.42. The van der Waals surface area contributed by atoms with Crippen LogP contribution in [0.2, 0.25) is 0 Å². The van der Waals surface area contributed by atoms with E-state index in [4.69, 9.17) is 4.42 Å². The smallest absolute Gasteiger partial charge is 0.135 e. The minimum absolute atomic E-state index is 0.155. The van der Waals surface area contributed by atoms with Crippen molar-refractivity contribution in [1.29, 1.82) is 0 Å². The van der Waals surface area contributed by atoms with Gasteiger partial charge in [0.05, 0.1) is 5.41 Å². The second-order valence-electron chi connectivity index (χ2n) is 16.8. The van der Waals surface area contributed by atoms with Crippen LogP contribution in [0.15, 0.2) is 217 Å². The van der Waals surface area contributed by atoms with E-state index in [0.29, 0.717) is 0 Å². The van der Waals surface area contributed by atoms with Crippen molar-refractivity contribution >= 4 is 39.0 Å². The van der Waals surface area contributed by atoms with Gasteiger partial charge < -0.3 is 9.32 Å². The molecule has 0 radical (unpaired) electrons. The minimum atomic E-state index is -0.479. The van der Waals surface area contributed by atoms with E-state index < -0.39 is 5.41 Å². The highest BCUT2D eigenvalue weighted by Crippen LogP contribution is 2.62. The van der Waals surface area contributed by atoms with Gasteiger partial charge in [-0.3, -0.25) is 0 Å². The molecule has 284 valence electrons. The van der Waals surface area contributed by atoms with Crippen molar-refractivity contribution in [1.82, 2.24) is 0 Å². The Hall–Kier alpha value is -7.42. The van der Waals surface area contributed by atoms with E-state index >= 15 is 0 Å². The molecule has 2 nitrogen and oxygen atoms in total. The molecular weight excluding hydrogens is 727 g/mol. The third kappa shape index (κ3) is 4.94. The van der Waals surface area contributed by atoms with E-state index in [2.05, 4.69) is 219 Å². The van der Waals surface area contributed by atoms with Crippen LogP contribution in [-0.4, -0.2) is 0 Å². The van der Waals surface area contributed by atoms with Gasteiger partial charge in [-0.1, -0.05) is 172 Å². The number of nitrogens with zero attached hydrogens (tertiary/aromatic N) is 1. The summed E-state index contributed by atoms with van der Waals surface area (Å²) in [6, 6.07) is 78.1. The molecule has 12 rings (SSSR count). The van der Waals surface area contributed by atoms with E-state index in [1.165, 1.54) is 55.6 Å². The van der Waals surface area contributed by atoms with Crippen LogP contribution in [0.5, 0.6) is 0 Å². The standard InChI is InChI=1S/C58H41NO/c1-57(2)50-19-9-11-21-52(50)58(53-22-12-10-20-51(53)57)49-18-8-6-16-45(49)46-34-33-44(37-54(46)58)59(42-29-24-39(25-30-42)38-14-4-3-5-15-38)43-31-26-40(27-32-43)41-28-35-56-48(36-41)47-17-7-13-23-55(47)60-56/h3-37H,1-2H3. The fraction of sp³-hybridized carbons (Fsp3) is 0.0690. The third-order valence-electron chi connectivity index (χ3n) is 13.4. The Balaban J connectivity index is 1.05. The summed E-state index contributed by atoms with van der Waals surface area (Å²) in [5.41, 5.74) is 20.0. The van der Waals surface area contributed by atoms with Gasteiger partial charge in [0.2, 0.25) is 0 Å². The van der Waals surface area contributed by atoms with Crippen LogP contribution in [0.3, 0.4) is 0 Å². The van der Waals surface area contributed by atoms with Crippen LogP contribution in [-0.2, 0) is 10.8 Å². The topological polar surface area (TPSA) is 16.4 Å². The van der Waals surface area contributed by atoms with Gasteiger partial charge >= 0.3 is 0 Å². The van der Waals surface area contributed by atoms with Crippen molar-refractivity contribution in [3.05, 3.63) is 246 Å². The van der Waals surface area contributed by atoms with Crippen LogP contribution < -0.4 is 4.90 Å². The van der Waals surface area contributed by atoms with Gasteiger partial charge in [-0.25, -0.2) is 0 Å². The summed E-state index contributed by atoms with van der Waals surface area (Å²) in [5, 5.41) is 2.27. The first kappa shape index (κ1) is 34.6. The lowest BCUT2D eigenvalue weighted by Crippen LogP contribution is -2.40. The van der Waals surface area contributed by atoms with E-state index in [1.807, 2.05) is 12.1 Å². The number of furan rings is 1. The zero-order valence-electron chi connectivity index (χ0n) is 33.6. The number of hydrogen-bond donors (Lipinski definition) is 0. The van der Waals surface area contributed by atoms with Gasteiger partial charge in [0, 0.05) is 33.2 Å². The van der Waals surface area contributed by atoms with Crippen LogP contribution in [0.25, 0.3) is 55.3 Å². The maximum Gasteiger partial charge on any atom is 0.135 e. The lowest BCUT2D eigenvalue weighted by molar-refractivity contribution is 0.563. The number of para-hydroxylation sites is 1. The minimum Gasteiger partial charge on any atom is -0.456 e. The molecule has 0 amide bonds. The summed E-state index contributed by atoms with van der Waals surface area (Å²) in [6.45, 7) is 4.77. The maximum absolute atomic E-state index is 6.16. The molecule has 2 aliphatic carbocycles. The summed E-state index contributed by atoms with van der Waals surface area (Å²) < 4.78 is 6.16. The first-order valence-corrected chi connectivity index (χ1v) is 20.9. The molecule has 0 aliphatic heterocycles. The second-order valence-corrected chi connectivity index (χ2v) is 16.8. The van der Waals surface area contributed by atoms with Crippen LogP contribution >= 0.6 is 0 Å². The Morgan fingerprint density at radius 3 is 1.50 bits per heavy atom. The Morgan fingerprint density at radius 1 is 0.333 bits per heavy atom. The van der Waals surface area contributed by atoms with Gasteiger partial charge in [-0.05, 0) is 121 Å². The zero-order chi connectivity index (χ0) is 40.0. The number of benzene rings is 9. The normalized spacial score (nSPS) is 14.1. The van der Waals surface area contributed by atoms with E-state index in [0.717, 1.165) is 50.1 Å². The summed E-state index contributed by atoms with van der Waals surface area (Å²) >= 11 is 0. The van der Waals surface area contributed by atoms with Crippen LogP contribution in [0.1, 0.15) is 47.2 Å². The molecule has 2 aliphatic rings. The van der Waals surface area contributed by atoms with Crippen LogP contribution in [0, 0.1) is 0 Å². The Bertz CT molecular complexity index is 3230. The van der Waals surface area contributed by atoms with E-state index in [-0.39, 0.29) is 5.41 Å². The van der Waals surface area contributed by atoms with Crippen molar-refractivity contribution in [2.24, 2.45) is 0 Å². The summed E-state index contributed by atoms with van der Waals surface area (Å²) in [6.07, 6.45) is 0.